The Kier molecular flexibility index (Phi) is 12.2. The molecule has 0 bridgehead atoms. The average molecular weight is 692 g/mol. The number of nitrogen functional groups attached to an aromatic ring is 1. The number of carbonyl (C=O) groups is 2. The van der Waals surface area contributed by atoms with Crippen molar-refractivity contribution in [3.8, 4) is 0 Å². The fourth-order valence-electron chi connectivity index (χ4n) is 5.10. The van der Waals surface area contributed by atoms with Crippen molar-refractivity contribution in [3.63, 3.8) is 0 Å². The van der Waals surface area contributed by atoms with Gasteiger partial charge in [0.25, 0.3) is 0 Å². The van der Waals surface area contributed by atoms with Gasteiger partial charge in [-0.25, -0.2) is 19.5 Å². The van der Waals surface area contributed by atoms with Gasteiger partial charge >= 0.3 is 13.7 Å². The van der Waals surface area contributed by atoms with E-state index in [1.165, 1.54) is 12.5 Å². The van der Waals surface area contributed by atoms with Crippen LogP contribution in [0.3, 0.4) is 0 Å². The van der Waals surface area contributed by atoms with Crippen molar-refractivity contribution in [2.24, 2.45) is 33.7 Å². The summed E-state index contributed by atoms with van der Waals surface area (Å²) in [5.74, 6) is -0.261. The highest BCUT2D eigenvalue weighted by Gasteiger charge is 2.65. The van der Waals surface area contributed by atoms with Crippen LogP contribution in [0, 0.1) is 23.2 Å². The molecule has 2 aromatic rings. The molecule has 7 atom stereocenters. The van der Waals surface area contributed by atoms with Gasteiger partial charge in [0.05, 0.1) is 24.5 Å². The highest BCUT2D eigenvalue weighted by Crippen LogP contribution is 2.62. The van der Waals surface area contributed by atoms with E-state index in [0.29, 0.717) is 24.0 Å². The Balaban J connectivity index is 1.37. The monoisotopic (exact) mass is 691 g/mol. The highest BCUT2D eigenvalue weighted by atomic mass is 32.2. The van der Waals surface area contributed by atoms with E-state index < -0.39 is 31.3 Å². The zero-order chi connectivity index (χ0) is 34.5. The number of ether oxygens (including phenoxy) is 2. The summed E-state index contributed by atoms with van der Waals surface area (Å²) in [6, 6.07) is -0.763. The quantitative estimate of drug-likeness (QED) is 0.0750. The van der Waals surface area contributed by atoms with Crippen LogP contribution in [0.2, 0.25) is 0 Å². The molecule has 0 amide bonds. The molecule has 3 heterocycles. The van der Waals surface area contributed by atoms with Crippen LogP contribution in [0.1, 0.15) is 60.6 Å². The number of nitrogens with zero attached hydrogens (tertiary/aromatic N) is 5. The lowest BCUT2D eigenvalue weighted by Crippen LogP contribution is -2.39. The normalized spacial score (nSPS) is 24.8. The third-order valence-corrected chi connectivity index (χ3v) is 10.8. The second-order valence-corrected chi connectivity index (χ2v) is 15.4. The Morgan fingerprint density at radius 3 is 2.68 bits per heavy atom. The maximum absolute atomic E-state index is 14.0. The number of anilines is 1. The van der Waals surface area contributed by atoms with Crippen molar-refractivity contribution >= 4 is 53.8 Å². The van der Waals surface area contributed by atoms with Crippen LogP contribution in [-0.4, -0.2) is 74.0 Å². The molecule has 1 aliphatic heterocycles. The molecule has 0 aromatic carbocycles. The van der Waals surface area contributed by atoms with Gasteiger partial charge in [-0.2, -0.15) is 4.76 Å². The lowest BCUT2D eigenvalue weighted by atomic mass is 9.97. The minimum atomic E-state index is -4.01. The number of esters is 1. The number of allylic oxidation sites excluding steroid dienone is 3. The Labute approximate surface area is 279 Å². The number of fused-ring (bicyclic) bond motifs is 2. The van der Waals surface area contributed by atoms with Gasteiger partial charge in [-0.15, -0.1) is 6.58 Å². The molecule has 2 aliphatic rings. The van der Waals surface area contributed by atoms with Gasteiger partial charge in [-0.3, -0.25) is 23.2 Å². The van der Waals surface area contributed by atoms with Crippen LogP contribution in [-0.2, 0) is 32.7 Å². The number of hydrogen-bond acceptors (Lipinski definition) is 13. The number of imidazole rings is 1. The van der Waals surface area contributed by atoms with Crippen molar-refractivity contribution in [2.45, 2.75) is 78.9 Å². The minimum Gasteiger partial charge on any atom is -0.463 e. The summed E-state index contributed by atoms with van der Waals surface area (Å²) in [5.41, 5.74) is 12.8. The molecule has 2 aromatic heterocycles. The topological polar surface area (TPSA) is 196 Å². The van der Waals surface area contributed by atoms with E-state index in [9.17, 15) is 14.2 Å². The number of carbonyl (C=O) groups excluding carboxylic acids is 2. The van der Waals surface area contributed by atoms with E-state index in [0.717, 1.165) is 17.3 Å². The second-order valence-electron chi connectivity index (χ2n) is 12.7. The van der Waals surface area contributed by atoms with Crippen molar-refractivity contribution in [3.05, 3.63) is 37.0 Å². The summed E-state index contributed by atoms with van der Waals surface area (Å²) in [7, 11) is -4.01. The molecule has 1 saturated carbocycles. The SMILES string of the molecule is C=CC/C=C(/C=NP(=O)(OCCSC(=O)C(C)(C)COC(=O)C(N)C(C)C)OC1C2OC(n3cnc4c(N)ncnc43)C(C)C21)CC. The van der Waals surface area contributed by atoms with Gasteiger partial charge in [0.15, 0.2) is 16.6 Å². The Morgan fingerprint density at radius 2 is 2.04 bits per heavy atom. The predicted molar refractivity (Wildman–Crippen MR) is 181 cm³/mol. The van der Waals surface area contributed by atoms with Crippen molar-refractivity contribution in [2.75, 3.05) is 24.7 Å². The van der Waals surface area contributed by atoms with Crippen molar-refractivity contribution in [1.82, 2.24) is 19.5 Å². The maximum Gasteiger partial charge on any atom is 0.454 e. The van der Waals surface area contributed by atoms with Gasteiger partial charge < -0.3 is 20.9 Å². The number of aromatic nitrogens is 4. The number of hydrogen-bond donors (Lipinski definition) is 2. The van der Waals surface area contributed by atoms with Crippen LogP contribution < -0.4 is 11.5 Å². The minimum absolute atomic E-state index is 0.0330. The largest absolute Gasteiger partial charge is 0.463 e. The zero-order valence-electron chi connectivity index (χ0n) is 27.8. The smallest absolute Gasteiger partial charge is 0.454 e. The van der Waals surface area contributed by atoms with E-state index in [1.807, 2.05) is 38.3 Å². The second kappa shape index (κ2) is 15.5. The molecule has 258 valence electrons. The first-order valence-electron chi connectivity index (χ1n) is 15.7. The number of nitrogens with two attached hydrogens (primary N) is 2. The number of rotatable bonds is 17. The number of thioether (sulfide) groups is 1. The molecule has 1 saturated heterocycles. The van der Waals surface area contributed by atoms with Crippen molar-refractivity contribution < 1.29 is 32.7 Å². The van der Waals surface area contributed by atoms with Gasteiger partial charge in [0.2, 0.25) is 0 Å². The lowest BCUT2D eigenvalue weighted by molar-refractivity contribution is -0.150. The molecular weight excluding hydrogens is 645 g/mol. The van der Waals surface area contributed by atoms with E-state index in [-0.39, 0.29) is 60.0 Å². The van der Waals surface area contributed by atoms with Crippen LogP contribution in [0.15, 0.2) is 41.7 Å². The third-order valence-electron chi connectivity index (χ3n) is 8.22. The van der Waals surface area contributed by atoms with E-state index in [2.05, 4.69) is 26.3 Å². The molecule has 7 unspecified atom stereocenters. The summed E-state index contributed by atoms with van der Waals surface area (Å²) in [5, 5.41) is -0.212. The average Bonchev–Trinajstić information content (AvgIpc) is 3.32. The highest BCUT2D eigenvalue weighted by molar-refractivity contribution is 8.13. The summed E-state index contributed by atoms with van der Waals surface area (Å²) in [6.07, 6.45) is 8.31. The van der Waals surface area contributed by atoms with E-state index in [1.54, 1.807) is 26.3 Å². The van der Waals surface area contributed by atoms with Crippen molar-refractivity contribution in [1.29, 1.82) is 0 Å². The summed E-state index contributed by atoms with van der Waals surface area (Å²) in [6.45, 7) is 14.6. The summed E-state index contributed by atoms with van der Waals surface area (Å²) < 4.78 is 43.6. The fourth-order valence-corrected chi connectivity index (χ4v) is 7.39. The van der Waals surface area contributed by atoms with Crippen LogP contribution in [0.25, 0.3) is 11.2 Å². The summed E-state index contributed by atoms with van der Waals surface area (Å²) >= 11 is 0.993. The Bertz CT molecular complexity index is 1560. The van der Waals surface area contributed by atoms with Crippen LogP contribution in [0.4, 0.5) is 5.82 Å². The molecule has 1 aliphatic carbocycles. The molecule has 2 fully saturated rings. The Hall–Kier alpha value is -2.94. The first-order valence-corrected chi connectivity index (χ1v) is 18.2. The first kappa shape index (κ1) is 36.9. The van der Waals surface area contributed by atoms with Gasteiger partial charge in [-0.1, -0.05) is 51.6 Å². The zero-order valence-corrected chi connectivity index (χ0v) is 29.5. The Morgan fingerprint density at radius 1 is 1.30 bits per heavy atom. The first-order chi connectivity index (χ1) is 22.2. The molecule has 4 N–H and O–H groups in total. The predicted octanol–water partition coefficient (Wildman–Crippen LogP) is 4.88. The third kappa shape index (κ3) is 8.76. The van der Waals surface area contributed by atoms with Gasteiger partial charge in [0.1, 0.15) is 36.8 Å². The fraction of sp³-hybridized carbons (Fsp3) is 0.613. The molecule has 14 nitrogen and oxygen atoms in total. The van der Waals surface area contributed by atoms with Crippen LogP contribution in [0.5, 0.6) is 0 Å². The van der Waals surface area contributed by atoms with Gasteiger partial charge in [0, 0.05) is 23.8 Å². The van der Waals surface area contributed by atoms with Gasteiger partial charge in [-0.05, 0) is 38.2 Å². The maximum atomic E-state index is 14.0. The molecule has 16 heteroatoms. The van der Waals surface area contributed by atoms with Crippen LogP contribution >= 0.6 is 19.5 Å². The molecule has 0 spiro atoms. The van der Waals surface area contributed by atoms with E-state index in [4.69, 9.17) is 30.0 Å². The molecule has 4 rings (SSSR count). The molecular formula is C31H46N7O7PS. The van der Waals surface area contributed by atoms with E-state index >= 15 is 0 Å². The molecule has 47 heavy (non-hydrogen) atoms. The summed E-state index contributed by atoms with van der Waals surface area (Å²) in [4.78, 5) is 37.8. The molecule has 0 radical (unpaired) electrons. The standard InChI is InChI=1S/C31H46N7O7PS/c1-8-10-11-20(9-2)14-37-46(41,43-12-13-47-30(40)31(6,7)15-42-29(39)22(32)18(3)4)45-25-21-19(5)28(44-24(21)25)38-17-36-23-26(33)34-16-35-27(23)38/h8,11,14,16-19,21-22,24-25,28H,1,9-10,12-13,15,32H2,2-7H3,(H2,33,34,35)/b20-11+,37-14?. The lowest BCUT2D eigenvalue weighted by Gasteiger charge is -2.24.